The zero-order valence-corrected chi connectivity index (χ0v) is 7.00. The Bertz CT molecular complexity index is 218. The summed E-state index contributed by atoms with van der Waals surface area (Å²) in [5.41, 5.74) is 6.34. The second kappa shape index (κ2) is 3.53. The van der Waals surface area contributed by atoms with Crippen molar-refractivity contribution in [3.05, 3.63) is 17.8 Å². The van der Waals surface area contributed by atoms with E-state index in [1.54, 1.807) is 6.26 Å². The van der Waals surface area contributed by atoms with E-state index in [4.69, 9.17) is 10.2 Å². The minimum Gasteiger partial charge on any atom is -0.447 e. The van der Waals surface area contributed by atoms with E-state index in [0.717, 1.165) is 12.1 Å². The molecule has 0 bridgehead atoms. The maximum absolute atomic E-state index is 5.34. The summed E-state index contributed by atoms with van der Waals surface area (Å²) < 4.78 is 5.08. The molecule has 0 fully saturated rings. The largest absolute Gasteiger partial charge is 0.447 e. The van der Waals surface area contributed by atoms with Crippen molar-refractivity contribution in [3.63, 3.8) is 0 Å². The van der Waals surface area contributed by atoms with Gasteiger partial charge in [0, 0.05) is 0 Å². The number of hydrogen-bond donors (Lipinski definition) is 1. The van der Waals surface area contributed by atoms with Gasteiger partial charge in [-0.2, -0.15) is 0 Å². The van der Waals surface area contributed by atoms with Crippen molar-refractivity contribution in [1.82, 2.24) is 4.98 Å². The standard InChI is InChI=1S/C8H14N2O/c1-6(2)3-7-5-11-8(4-9)10-7/h5-6H,3-4,9H2,1-2H3. The van der Waals surface area contributed by atoms with E-state index in [2.05, 4.69) is 18.8 Å². The molecule has 0 aromatic carbocycles. The summed E-state index contributed by atoms with van der Waals surface area (Å²) in [6.45, 7) is 4.69. The number of oxazole rings is 1. The van der Waals surface area contributed by atoms with Gasteiger partial charge in [0.2, 0.25) is 5.89 Å². The summed E-state index contributed by atoms with van der Waals surface area (Å²) in [6, 6.07) is 0. The fourth-order valence-corrected chi connectivity index (χ4v) is 0.955. The fourth-order valence-electron chi connectivity index (χ4n) is 0.955. The normalized spacial score (nSPS) is 10.9. The molecular formula is C8H14N2O. The van der Waals surface area contributed by atoms with Crippen LogP contribution in [0.5, 0.6) is 0 Å². The predicted octanol–water partition coefficient (Wildman–Crippen LogP) is 1.33. The summed E-state index contributed by atoms with van der Waals surface area (Å²) >= 11 is 0. The highest BCUT2D eigenvalue weighted by Crippen LogP contribution is 2.07. The molecule has 3 heteroatoms. The lowest BCUT2D eigenvalue weighted by Gasteiger charge is -1.97. The van der Waals surface area contributed by atoms with Gasteiger partial charge in [0.15, 0.2) is 0 Å². The van der Waals surface area contributed by atoms with E-state index in [0.29, 0.717) is 18.4 Å². The highest BCUT2D eigenvalue weighted by molar-refractivity contribution is 4.96. The van der Waals surface area contributed by atoms with Crippen LogP contribution in [0.15, 0.2) is 10.7 Å². The maximum atomic E-state index is 5.34. The molecule has 0 aliphatic heterocycles. The molecule has 11 heavy (non-hydrogen) atoms. The van der Waals surface area contributed by atoms with Gasteiger partial charge in [-0.15, -0.1) is 0 Å². The lowest BCUT2D eigenvalue weighted by molar-refractivity contribution is 0.496. The minimum absolute atomic E-state index is 0.387. The van der Waals surface area contributed by atoms with Crippen LogP contribution in [0.4, 0.5) is 0 Å². The van der Waals surface area contributed by atoms with Gasteiger partial charge < -0.3 is 10.2 Å². The molecule has 0 saturated carbocycles. The molecule has 2 N–H and O–H groups in total. The van der Waals surface area contributed by atoms with Crippen molar-refractivity contribution in [3.8, 4) is 0 Å². The molecule has 0 unspecified atom stereocenters. The van der Waals surface area contributed by atoms with Gasteiger partial charge in [-0.3, -0.25) is 0 Å². The number of hydrogen-bond acceptors (Lipinski definition) is 3. The molecule has 1 aromatic rings. The quantitative estimate of drug-likeness (QED) is 0.714. The summed E-state index contributed by atoms with van der Waals surface area (Å²) in [5, 5.41) is 0. The smallest absolute Gasteiger partial charge is 0.207 e. The van der Waals surface area contributed by atoms with Crippen LogP contribution >= 0.6 is 0 Å². The molecule has 0 aliphatic carbocycles. The zero-order chi connectivity index (χ0) is 8.27. The monoisotopic (exact) mass is 154 g/mol. The second-order valence-electron chi connectivity index (χ2n) is 3.03. The molecule has 1 aromatic heterocycles. The number of nitrogens with zero attached hydrogens (tertiary/aromatic N) is 1. The molecule has 62 valence electrons. The zero-order valence-electron chi connectivity index (χ0n) is 7.00. The van der Waals surface area contributed by atoms with Gasteiger partial charge in [-0.05, 0) is 12.3 Å². The van der Waals surface area contributed by atoms with Gasteiger partial charge in [0.1, 0.15) is 6.26 Å². The molecule has 3 nitrogen and oxygen atoms in total. The molecule has 1 heterocycles. The van der Waals surface area contributed by atoms with Crippen LogP contribution in [-0.2, 0) is 13.0 Å². The van der Waals surface area contributed by atoms with Crippen molar-refractivity contribution in [2.75, 3.05) is 0 Å². The van der Waals surface area contributed by atoms with E-state index in [1.807, 2.05) is 0 Å². The first-order chi connectivity index (χ1) is 5.22. The third-order valence-electron chi connectivity index (χ3n) is 1.39. The van der Waals surface area contributed by atoms with Crippen LogP contribution < -0.4 is 5.73 Å². The Morgan fingerprint density at radius 3 is 2.82 bits per heavy atom. The van der Waals surface area contributed by atoms with Gasteiger partial charge in [-0.25, -0.2) is 4.98 Å². The highest BCUT2D eigenvalue weighted by atomic mass is 16.3. The SMILES string of the molecule is CC(C)Cc1coc(CN)n1. The van der Waals surface area contributed by atoms with E-state index in [1.165, 1.54) is 0 Å². The van der Waals surface area contributed by atoms with Crippen LogP contribution in [0.1, 0.15) is 25.4 Å². The van der Waals surface area contributed by atoms with Crippen LogP contribution in [0.3, 0.4) is 0 Å². The van der Waals surface area contributed by atoms with Crippen LogP contribution in [0, 0.1) is 5.92 Å². The summed E-state index contributed by atoms with van der Waals surface area (Å²) in [4.78, 5) is 4.18. The second-order valence-corrected chi connectivity index (χ2v) is 3.03. The van der Waals surface area contributed by atoms with Crippen molar-refractivity contribution in [2.24, 2.45) is 11.7 Å². The average molecular weight is 154 g/mol. The summed E-state index contributed by atoms with van der Waals surface area (Å²) in [6.07, 6.45) is 2.64. The average Bonchev–Trinajstić information content (AvgIpc) is 2.34. The first-order valence-corrected chi connectivity index (χ1v) is 3.85. The highest BCUT2D eigenvalue weighted by Gasteiger charge is 2.03. The molecule has 0 spiro atoms. The van der Waals surface area contributed by atoms with Crippen molar-refractivity contribution < 1.29 is 4.42 Å². The lowest BCUT2D eigenvalue weighted by atomic mass is 10.1. The van der Waals surface area contributed by atoms with Gasteiger partial charge in [0.05, 0.1) is 12.2 Å². The predicted molar refractivity (Wildman–Crippen MR) is 42.9 cm³/mol. The molecule has 1 rings (SSSR count). The Kier molecular flexibility index (Phi) is 2.65. The molecule has 0 saturated heterocycles. The Balaban J connectivity index is 2.58. The van der Waals surface area contributed by atoms with E-state index in [-0.39, 0.29) is 0 Å². The third kappa shape index (κ3) is 2.35. The number of aromatic nitrogens is 1. The van der Waals surface area contributed by atoms with Gasteiger partial charge in [-0.1, -0.05) is 13.8 Å². The van der Waals surface area contributed by atoms with Crippen LogP contribution in [-0.4, -0.2) is 4.98 Å². The Labute approximate surface area is 66.6 Å². The van der Waals surface area contributed by atoms with Gasteiger partial charge >= 0.3 is 0 Å². The van der Waals surface area contributed by atoms with E-state index >= 15 is 0 Å². The Morgan fingerprint density at radius 1 is 1.64 bits per heavy atom. The van der Waals surface area contributed by atoms with Crippen molar-refractivity contribution in [1.29, 1.82) is 0 Å². The summed E-state index contributed by atoms with van der Waals surface area (Å²) in [7, 11) is 0. The fraction of sp³-hybridized carbons (Fsp3) is 0.625. The van der Waals surface area contributed by atoms with Crippen LogP contribution in [0.25, 0.3) is 0 Å². The molecular weight excluding hydrogens is 140 g/mol. The Hall–Kier alpha value is -0.830. The number of nitrogens with two attached hydrogens (primary N) is 1. The van der Waals surface area contributed by atoms with Gasteiger partial charge in [0.25, 0.3) is 0 Å². The van der Waals surface area contributed by atoms with Crippen molar-refractivity contribution >= 4 is 0 Å². The third-order valence-corrected chi connectivity index (χ3v) is 1.39. The minimum atomic E-state index is 0.387. The molecule has 0 atom stereocenters. The Morgan fingerprint density at radius 2 is 2.36 bits per heavy atom. The van der Waals surface area contributed by atoms with Crippen LogP contribution in [0.2, 0.25) is 0 Å². The first-order valence-electron chi connectivity index (χ1n) is 3.85. The molecule has 0 radical (unpaired) electrons. The van der Waals surface area contributed by atoms with E-state index in [9.17, 15) is 0 Å². The van der Waals surface area contributed by atoms with Crippen molar-refractivity contribution in [2.45, 2.75) is 26.8 Å². The lowest BCUT2D eigenvalue weighted by Crippen LogP contribution is -1.98. The van der Waals surface area contributed by atoms with E-state index < -0.39 is 0 Å². The maximum Gasteiger partial charge on any atom is 0.207 e. The topological polar surface area (TPSA) is 52.0 Å². The molecule has 0 amide bonds. The summed E-state index contributed by atoms with van der Waals surface area (Å²) in [5.74, 6) is 1.24. The number of rotatable bonds is 3. The first kappa shape index (κ1) is 8.27. The molecule has 0 aliphatic rings.